The second-order valence-corrected chi connectivity index (χ2v) is 6.83. The van der Waals surface area contributed by atoms with Crippen molar-refractivity contribution >= 4 is 5.91 Å². The standard InChI is InChI=1S/C16H23FN2O/c1-15(2,3)13(11-5-7-12(17)8-6-11)19-14(20)16(18)9-4-10-16/h5-8,13H,4,9-10,18H2,1-3H3,(H,19,20). The van der Waals surface area contributed by atoms with Gasteiger partial charge in [-0.3, -0.25) is 4.79 Å². The van der Waals surface area contributed by atoms with E-state index in [1.54, 1.807) is 12.1 Å². The summed E-state index contributed by atoms with van der Waals surface area (Å²) in [6.45, 7) is 6.14. The zero-order chi connectivity index (χ0) is 15.0. The van der Waals surface area contributed by atoms with E-state index in [-0.39, 0.29) is 23.2 Å². The normalized spacial score (nSPS) is 19.1. The highest BCUT2D eigenvalue weighted by molar-refractivity contribution is 5.87. The minimum absolute atomic E-state index is 0.104. The van der Waals surface area contributed by atoms with Crippen LogP contribution < -0.4 is 11.1 Å². The van der Waals surface area contributed by atoms with E-state index in [2.05, 4.69) is 5.32 Å². The predicted octanol–water partition coefficient (Wildman–Crippen LogP) is 2.91. The Kier molecular flexibility index (Phi) is 3.87. The van der Waals surface area contributed by atoms with Gasteiger partial charge in [0, 0.05) is 0 Å². The van der Waals surface area contributed by atoms with Crippen LogP contribution in [0.3, 0.4) is 0 Å². The highest BCUT2D eigenvalue weighted by Gasteiger charge is 2.42. The van der Waals surface area contributed by atoms with Gasteiger partial charge in [0.2, 0.25) is 5.91 Å². The Morgan fingerprint density at radius 3 is 2.25 bits per heavy atom. The molecule has 0 aromatic heterocycles. The molecule has 1 amide bonds. The Bertz CT molecular complexity index is 486. The first-order chi connectivity index (χ1) is 9.22. The van der Waals surface area contributed by atoms with Gasteiger partial charge in [0.25, 0.3) is 0 Å². The smallest absolute Gasteiger partial charge is 0.240 e. The van der Waals surface area contributed by atoms with E-state index >= 15 is 0 Å². The minimum atomic E-state index is -0.719. The van der Waals surface area contributed by atoms with Gasteiger partial charge in [0.05, 0.1) is 11.6 Å². The molecule has 1 aromatic carbocycles. The second kappa shape index (κ2) is 5.17. The van der Waals surface area contributed by atoms with Crippen LogP contribution in [-0.4, -0.2) is 11.4 Å². The monoisotopic (exact) mass is 278 g/mol. The number of carbonyl (C=O) groups is 1. The molecule has 3 nitrogen and oxygen atoms in total. The fraction of sp³-hybridized carbons (Fsp3) is 0.562. The van der Waals surface area contributed by atoms with Gasteiger partial charge in [0.1, 0.15) is 5.82 Å². The lowest BCUT2D eigenvalue weighted by molar-refractivity contribution is -0.130. The highest BCUT2D eigenvalue weighted by Crippen LogP contribution is 2.35. The average Bonchev–Trinajstić information content (AvgIpc) is 2.32. The molecule has 0 saturated heterocycles. The SMILES string of the molecule is CC(C)(C)C(NC(=O)C1(N)CCC1)c1ccc(F)cc1. The minimum Gasteiger partial charge on any atom is -0.347 e. The Morgan fingerprint density at radius 2 is 1.85 bits per heavy atom. The molecule has 1 fully saturated rings. The lowest BCUT2D eigenvalue weighted by Gasteiger charge is -2.40. The second-order valence-electron chi connectivity index (χ2n) is 6.83. The maximum atomic E-state index is 13.1. The molecule has 20 heavy (non-hydrogen) atoms. The van der Waals surface area contributed by atoms with Crippen LogP contribution in [0.1, 0.15) is 51.6 Å². The lowest BCUT2D eigenvalue weighted by Crippen LogP contribution is -2.59. The van der Waals surface area contributed by atoms with Crippen molar-refractivity contribution in [2.45, 2.75) is 51.6 Å². The first-order valence-corrected chi connectivity index (χ1v) is 7.08. The largest absolute Gasteiger partial charge is 0.347 e. The van der Waals surface area contributed by atoms with Gasteiger partial charge in [-0.1, -0.05) is 32.9 Å². The number of nitrogens with one attached hydrogen (secondary N) is 1. The predicted molar refractivity (Wildman–Crippen MR) is 77.5 cm³/mol. The summed E-state index contributed by atoms with van der Waals surface area (Å²) in [6, 6.07) is 6.09. The number of benzene rings is 1. The molecule has 1 aliphatic rings. The topological polar surface area (TPSA) is 55.1 Å². The summed E-state index contributed by atoms with van der Waals surface area (Å²) in [5.41, 5.74) is 6.07. The van der Waals surface area contributed by atoms with E-state index in [1.165, 1.54) is 12.1 Å². The van der Waals surface area contributed by atoms with Gasteiger partial charge in [-0.2, -0.15) is 0 Å². The van der Waals surface area contributed by atoms with Gasteiger partial charge < -0.3 is 11.1 Å². The maximum absolute atomic E-state index is 13.1. The molecule has 4 heteroatoms. The van der Waals surface area contributed by atoms with E-state index in [4.69, 9.17) is 5.73 Å². The van der Waals surface area contributed by atoms with Crippen molar-refractivity contribution in [2.24, 2.45) is 11.1 Å². The molecule has 110 valence electrons. The van der Waals surface area contributed by atoms with Crippen molar-refractivity contribution in [3.05, 3.63) is 35.6 Å². The number of halogens is 1. The van der Waals surface area contributed by atoms with Crippen LogP contribution in [0.5, 0.6) is 0 Å². The summed E-state index contributed by atoms with van der Waals surface area (Å²) in [6.07, 6.45) is 2.47. The van der Waals surface area contributed by atoms with E-state index in [0.717, 1.165) is 24.8 Å². The van der Waals surface area contributed by atoms with Crippen molar-refractivity contribution in [3.63, 3.8) is 0 Å². The van der Waals surface area contributed by atoms with Crippen molar-refractivity contribution in [1.82, 2.24) is 5.32 Å². The third-order valence-corrected chi connectivity index (χ3v) is 4.04. The Hall–Kier alpha value is -1.42. The molecule has 0 spiro atoms. The van der Waals surface area contributed by atoms with Crippen molar-refractivity contribution in [1.29, 1.82) is 0 Å². The molecular formula is C16H23FN2O. The molecule has 0 radical (unpaired) electrons. The van der Waals surface area contributed by atoms with Crippen LogP contribution in [-0.2, 0) is 4.79 Å². The van der Waals surface area contributed by atoms with Gasteiger partial charge in [-0.05, 0) is 42.4 Å². The summed E-state index contributed by atoms with van der Waals surface area (Å²) in [7, 11) is 0. The fourth-order valence-electron chi connectivity index (χ4n) is 2.51. The first kappa shape index (κ1) is 15.0. The molecule has 1 aliphatic carbocycles. The van der Waals surface area contributed by atoms with Gasteiger partial charge >= 0.3 is 0 Å². The summed E-state index contributed by atoms with van der Waals surface area (Å²) in [5.74, 6) is -0.380. The van der Waals surface area contributed by atoms with Crippen molar-refractivity contribution in [2.75, 3.05) is 0 Å². The van der Waals surface area contributed by atoms with Crippen LogP contribution in [0, 0.1) is 11.2 Å². The lowest BCUT2D eigenvalue weighted by atomic mass is 9.75. The van der Waals surface area contributed by atoms with Crippen molar-refractivity contribution in [3.8, 4) is 0 Å². The van der Waals surface area contributed by atoms with Crippen LogP contribution >= 0.6 is 0 Å². The molecular weight excluding hydrogens is 255 g/mol. The summed E-state index contributed by atoms with van der Waals surface area (Å²) >= 11 is 0. The number of amides is 1. The van der Waals surface area contributed by atoms with E-state index in [0.29, 0.717) is 0 Å². The molecule has 0 aliphatic heterocycles. The van der Waals surface area contributed by atoms with Gasteiger partial charge in [-0.15, -0.1) is 0 Å². The zero-order valence-corrected chi connectivity index (χ0v) is 12.4. The Morgan fingerprint density at radius 1 is 1.30 bits per heavy atom. The number of nitrogens with two attached hydrogens (primary N) is 1. The maximum Gasteiger partial charge on any atom is 0.240 e. The number of hydrogen-bond donors (Lipinski definition) is 2. The van der Waals surface area contributed by atoms with Crippen molar-refractivity contribution < 1.29 is 9.18 Å². The molecule has 1 aromatic rings. The molecule has 1 saturated carbocycles. The number of rotatable bonds is 3. The van der Waals surface area contributed by atoms with E-state index in [9.17, 15) is 9.18 Å². The fourth-order valence-corrected chi connectivity index (χ4v) is 2.51. The highest BCUT2D eigenvalue weighted by atomic mass is 19.1. The molecule has 1 unspecified atom stereocenters. The quantitative estimate of drug-likeness (QED) is 0.893. The third kappa shape index (κ3) is 3.01. The summed E-state index contributed by atoms with van der Waals surface area (Å²) in [5, 5.41) is 3.05. The Labute approximate surface area is 119 Å². The summed E-state index contributed by atoms with van der Waals surface area (Å²) < 4.78 is 13.1. The average molecular weight is 278 g/mol. The van der Waals surface area contributed by atoms with Crippen LogP contribution in [0.25, 0.3) is 0 Å². The molecule has 2 rings (SSSR count). The molecule has 0 bridgehead atoms. The zero-order valence-electron chi connectivity index (χ0n) is 12.4. The Balaban J connectivity index is 2.20. The molecule has 3 N–H and O–H groups in total. The third-order valence-electron chi connectivity index (χ3n) is 4.04. The van der Waals surface area contributed by atoms with Crippen LogP contribution in [0.4, 0.5) is 4.39 Å². The van der Waals surface area contributed by atoms with E-state index < -0.39 is 5.54 Å². The summed E-state index contributed by atoms with van der Waals surface area (Å²) in [4.78, 5) is 12.3. The van der Waals surface area contributed by atoms with Gasteiger partial charge in [0.15, 0.2) is 0 Å². The van der Waals surface area contributed by atoms with Crippen LogP contribution in [0.2, 0.25) is 0 Å². The number of hydrogen-bond acceptors (Lipinski definition) is 2. The van der Waals surface area contributed by atoms with Crippen LogP contribution in [0.15, 0.2) is 24.3 Å². The number of carbonyl (C=O) groups excluding carboxylic acids is 1. The first-order valence-electron chi connectivity index (χ1n) is 7.08. The molecule has 0 heterocycles. The molecule has 1 atom stereocenters. The van der Waals surface area contributed by atoms with Gasteiger partial charge in [-0.25, -0.2) is 4.39 Å². The van der Waals surface area contributed by atoms with E-state index in [1.807, 2.05) is 20.8 Å².